The van der Waals surface area contributed by atoms with Crippen LogP contribution in [0.25, 0.3) is 0 Å². The van der Waals surface area contributed by atoms with Gasteiger partial charge in [0, 0.05) is 44.5 Å². The van der Waals surface area contributed by atoms with Gasteiger partial charge in [0.25, 0.3) is 0 Å². The van der Waals surface area contributed by atoms with E-state index in [2.05, 4.69) is 34.2 Å². The number of nitrogens with zero attached hydrogens (tertiary/aromatic N) is 2. The Morgan fingerprint density at radius 2 is 1.80 bits per heavy atom. The third-order valence-corrected chi connectivity index (χ3v) is 5.19. The number of hydrogen-bond acceptors (Lipinski definition) is 3. The minimum Gasteiger partial charge on any atom is -0.497 e. The summed E-state index contributed by atoms with van der Waals surface area (Å²) >= 11 is 5.56. The molecule has 0 amide bonds. The van der Waals surface area contributed by atoms with Gasteiger partial charge < -0.3 is 19.9 Å². The molecule has 0 atom stereocenters. The van der Waals surface area contributed by atoms with E-state index in [1.807, 2.05) is 12.1 Å². The Hall–Kier alpha value is -1.49. The highest BCUT2D eigenvalue weighted by molar-refractivity contribution is 7.80. The molecule has 25 heavy (non-hydrogen) atoms. The fourth-order valence-corrected chi connectivity index (χ4v) is 3.47. The number of rotatable bonds is 9. The summed E-state index contributed by atoms with van der Waals surface area (Å²) in [5, 5.41) is 4.35. The molecule has 1 fully saturated rings. The molecule has 0 aromatic heterocycles. The van der Waals surface area contributed by atoms with Gasteiger partial charge in [-0.2, -0.15) is 0 Å². The summed E-state index contributed by atoms with van der Waals surface area (Å²) in [6.45, 7) is 7.19. The van der Waals surface area contributed by atoms with Gasteiger partial charge >= 0.3 is 0 Å². The van der Waals surface area contributed by atoms with Crippen LogP contribution in [0.1, 0.15) is 45.4 Å². The van der Waals surface area contributed by atoms with Gasteiger partial charge in [0.2, 0.25) is 0 Å². The Morgan fingerprint density at radius 1 is 1.08 bits per heavy atom. The van der Waals surface area contributed by atoms with Gasteiger partial charge in [-0.05, 0) is 30.8 Å². The van der Waals surface area contributed by atoms with Crippen LogP contribution in [0.15, 0.2) is 24.3 Å². The van der Waals surface area contributed by atoms with Crippen molar-refractivity contribution in [2.45, 2.75) is 45.4 Å². The van der Waals surface area contributed by atoms with Crippen LogP contribution in [0.3, 0.4) is 0 Å². The first kappa shape index (κ1) is 19.8. The van der Waals surface area contributed by atoms with E-state index in [-0.39, 0.29) is 0 Å². The van der Waals surface area contributed by atoms with Crippen LogP contribution < -0.4 is 15.0 Å². The van der Waals surface area contributed by atoms with Gasteiger partial charge in [0.1, 0.15) is 5.75 Å². The average Bonchev–Trinajstić information content (AvgIpc) is 2.67. The Kier molecular flexibility index (Phi) is 8.87. The van der Waals surface area contributed by atoms with Crippen molar-refractivity contribution in [1.29, 1.82) is 0 Å². The number of anilines is 1. The zero-order chi connectivity index (χ0) is 17.9. The highest BCUT2D eigenvalue weighted by atomic mass is 32.1. The molecule has 1 aliphatic rings. The molecule has 5 heteroatoms. The highest BCUT2D eigenvalue weighted by Crippen LogP contribution is 2.22. The van der Waals surface area contributed by atoms with E-state index in [1.165, 1.54) is 44.2 Å². The number of piperazine rings is 1. The molecule has 0 spiro atoms. The van der Waals surface area contributed by atoms with E-state index in [1.54, 1.807) is 7.11 Å². The van der Waals surface area contributed by atoms with Crippen LogP contribution >= 0.6 is 12.2 Å². The molecule has 140 valence electrons. The molecule has 0 aliphatic carbocycles. The fourth-order valence-electron chi connectivity index (χ4n) is 3.19. The largest absolute Gasteiger partial charge is 0.497 e. The maximum Gasteiger partial charge on any atom is 0.169 e. The molecule has 4 nitrogen and oxygen atoms in total. The van der Waals surface area contributed by atoms with Gasteiger partial charge in [0.05, 0.1) is 7.11 Å². The molecular weight excluding hydrogens is 330 g/mol. The van der Waals surface area contributed by atoms with Crippen molar-refractivity contribution in [2.75, 3.05) is 44.7 Å². The van der Waals surface area contributed by atoms with Crippen LogP contribution in [0.2, 0.25) is 0 Å². The van der Waals surface area contributed by atoms with Crippen molar-refractivity contribution >= 4 is 23.0 Å². The lowest BCUT2D eigenvalue weighted by Gasteiger charge is -2.37. The smallest absolute Gasteiger partial charge is 0.169 e. The SMILES string of the molecule is CCCCCCCCNC(=S)N1CCN(c2cccc(OC)c2)CC1. The molecule has 1 aromatic carbocycles. The van der Waals surface area contributed by atoms with Gasteiger partial charge in [-0.3, -0.25) is 0 Å². The standard InChI is InChI=1S/C20H33N3OS/c1-3-4-5-6-7-8-12-21-20(25)23-15-13-22(14-16-23)18-10-9-11-19(17-18)24-2/h9-11,17H,3-8,12-16H2,1-2H3,(H,21,25). The molecule has 1 heterocycles. The maximum atomic E-state index is 5.56. The van der Waals surface area contributed by atoms with Crippen molar-refractivity contribution in [3.8, 4) is 5.75 Å². The van der Waals surface area contributed by atoms with Crippen LogP contribution in [-0.4, -0.2) is 49.8 Å². The predicted octanol–water partition coefficient (Wildman–Crippen LogP) is 4.05. The monoisotopic (exact) mass is 363 g/mol. The van der Waals surface area contributed by atoms with E-state index in [0.717, 1.165) is 43.6 Å². The van der Waals surface area contributed by atoms with Gasteiger partial charge in [-0.25, -0.2) is 0 Å². The first-order chi connectivity index (χ1) is 12.2. The number of nitrogens with one attached hydrogen (secondary N) is 1. The lowest BCUT2D eigenvalue weighted by molar-refractivity contribution is 0.379. The first-order valence-corrected chi connectivity index (χ1v) is 10.1. The van der Waals surface area contributed by atoms with Gasteiger partial charge in [0.15, 0.2) is 5.11 Å². The summed E-state index contributed by atoms with van der Waals surface area (Å²) in [5.41, 5.74) is 1.23. The summed E-state index contributed by atoms with van der Waals surface area (Å²) in [4.78, 5) is 4.69. The Labute approximate surface area is 158 Å². The Morgan fingerprint density at radius 3 is 2.52 bits per heavy atom. The predicted molar refractivity (Wildman–Crippen MR) is 111 cm³/mol. The quantitative estimate of drug-likeness (QED) is 0.528. The number of methoxy groups -OCH3 is 1. The Bertz CT molecular complexity index is 515. The van der Waals surface area contributed by atoms with E-state index in [4.69, 9.17) is 17.0 Å². The van der Waals surface area contributed by atoms with E-state index in [0.29, 0.717) is 0 Å². The molecule has 1 aromatic rings. The molecule has 0 bridgehead atoms. The molecule has 0 radical (unpaired) electrons. The number of hydrogen-bond donors (Lipinski definition) is 1. The lowest BCUT2D eigenvalue weighted by Crippen LogP contribution is -2.51. The van der Waals surface area contributed by atoms with Crippen LogP contribution in [0, 0.1) is 0 Å². The molecule has 1 N–H and O–H groups in total. The molecule has 2 rings (SSSR count). The van der Waals surface area contributed by atoms with Gasteiger partial charge in [-0.15, -0.1) is 0 Å². The average molecular weight is 364 g/mol. The lowest BCUT2D eigenvalue weighted by atomic mass is 10.1. The summed E-state index contributed by atoms with van der Waals surface area (Å²) in [5.74, 6) is 0.913. The van der Waals surface area contributed by atoms with E-state index < -0.39 is 0 Å². The second-order valence-corrected chi connectivity index (χ2v) is 7.06. The molecule has 1 aliphatic heterocycles. The van der Waals surface area contributed by atoms with Crippen molar-refractivity contribution < 1.29 is 4.74 Å². The topological polar surface area (TPSA) is 27.7 Å². The van der Waals surface area contributed by atoms with Crippen molar-refractivity contribution in [1.82, 2.24) is 10.2 Å². The number of unbranched alkanes of at least 4 members (excludes halogenated alkanes) is 5. The van der Waals surface area contributed by atoms with Crippen molar-refractivity contribution in [3.05, 3.63) is 24.3 Å². The van der Waals surface area contributed by atoms with Crippen molar-refractivity contribution in [2.24, 2.45) is 0 Å². The van der Waals surface area contributed by atoms with Gasteiger partial charge in [-0.1, -0.05) is 45.1 Å². The van der Waals surface area contributed by atoms with Crippen molar-refractivity contribution in [3.63, 3.8) is 0 Å². The van der Waals surface area contributed by atoms with E-state index >= 15 is 0 Å². The summed E-state index contributed by atoms with van der Waals surface area (Å²) in [7, 11) is 1.71. The second kappa shape index (κ2) is 11.2. The van der Waals surface area contributed by atoms with Crippen LogP contribution in [-0.2, 0) is 0 Å². The normalized spacial score (nSPS) is 14.5. The minimum absolute atomic E-state index is 0.913. The van der Waals surface area contributed by atoms with Crippen LogP contribution in [0.4, 0.5) is 5.69 Å². The second-order valence-electron chi connectivity index (χ2n) is 6.68. The Balaban J connectivity index is 1.64. The molecule has 0 saturated carbocycles. The zero-order valence-electron chi connectivity index (χ0n) is 15.8. The zero-order valence-corrected chi connectivity index (χ0v) is 16.6. The molecule has 0 unspecified atom stereocenters. The summed E-state index contributed by atoms with van der Waals surface area (Å²) in [6, 6.07) is 8.28. The summed E-state index contributed by atoms with van der Waals surface area (Å²) in [6.07, 6.45) is 7.91. The number of benzene rings is 1. The number of thiocarbonyl (C=S) groups is 1. The minimum atomic E-state index is 0.913. The molecular formula is C20H33N3OS. The third kappa shape index (κ3) is 6.73. The fraction of sp³-hybridized carbons (Fsp3) is 0.650. The first-order valence-electron chi connectivity index (χ1n) is 9.66. The van der Waals surface area contributed by atoms with E-state index in [9.17, 15) is 0 Å². The highest BCUT2D eigenvalue weighted by Gasteiger charge is 2.19. The number of ether oxygens (including phenoxy) is 1. The third-order valence-electron chi connectivity index (χ3n) is 4.79. The maximum absolute atomic E-state index is 5.56. The molecule has 1 saturated heterocycles. The summed E-state index contributed by atoms with van der Waals surface area (Å²) < 4.78 is 5.32. The van der Waals surface area contributed by atoms with Crippen LogP contribution in [0.5, 0.6) is 5.75 Å².